The van der Waals surface area contributed by atoms with Crippen LogP contribution in [0, 0.1) is 11.6 Å². The summed E-state index contributed by atoms with van der Waals surface area (Å²) in [5.74, 6) is -0.854. The number of nitrogens with one attached hydrogen (secondary N) is 1. The summed E-state index contributed by atoms with van der Waals surface area (Å²) in [6.45, 7) is 2.71. The fourth-order valence-corrected chi connectivity index (χ4v) is 2.36. The van der Waals surface area contributed by atoms with Gasteiger partial charge < -0.3 is 14.8 Å². The summed E-state index contributed by atoms with van der Waals surface area (Å²) in [6, 6.07) is 7.69. The molecule has 0 fully saturated rings. The third-order valence-electron chi connectivity index (χ3n) is 3.59. The standard InChI is InChI=1S/C17H15F2NO3/c1-10(11-2-5-15-16(8-11)23-7-6-22-15)20-17(21)13-9-12(18)3-4-14(13)19/h2-5,8-10H,6-7H2,1H3,(H,20,21)/t10-/m1/s1. The summed E-state index contributed by atoms with van der Waals surface area (Å²) < 4.78 is 37.7. The Morgan fingerprint density at radius 3 is 2.61 bits per heavy atom. The number of ether oxygens (including phenoxy) is 2. The van der Waals surface area contributed by atoms with Gasteiger partial charge in [0, 0.05) is 0 Å². The number of halogens is 2. The predicted octanol–water partition coefficient (Wildman–Crippen LogP) is 3.23. The van der Waals surface area contributed by atoms with Crippen LogP contribution >= 0.6 is 0 Å². The van der Waals surface area contributed by atoms with Crippen molar-refractivity contribution < 1.29 is 23.0 Å². The SMILES string of the molecule is C[C@@H](NC(=O)c1cc(F)ccc1F)c1ccc2c(c1)OCCO2. The zero-order valence-electron chi connectivity index (χ0n) is 12.4. The lowest BCUT2D eigenvalue weighted by molar-refractivity contribution is 0.0935. The van der Waals surface area contributed by atoms with E-state index < -0.39 is 23.6 Å². The van der Waals surface area contributed by atoms with E-state index in [9.17, 15) is 13.6 Å². The molecular formula is C17H15F2NO3. The van der Waals surface area contributed by atoms with Crippen LogP contribution in [0.4, 0.5) is 8.78 Å². The van der Waals surface area contributed by atoms with E-state index in [1.54, 1.807) is 25.1 Å². The summed E-state index contributed by atoms with van der Waals surface area (Å²) in [4.78, 5) is 12.1. The first-order valence-corrected chi connectivity index (χ1v) is 7.20. The van der Waals surface area contributed by atoms with Gasteiger partial charge in [-0.3, -0.25) is 4.79 Å². The van der Waals surface area contributed by atoms with Crippen LogP contribution in [0.5, 0.6) is 11.5 Å². The van der Waals surface area contributed by atoms with Gasteiger partial charge in [0.1, 0.15) is 24.8 Å². The molecule has 0 spiro atoms. The molecule has 0 saturated heterocycles. The molecule has 23 heavy (non-hydrogen) atoms. The van der Waals surface area contributed by atoms with Crippen LogP contribution in [0.1, 0.15) is 28.9 Å². The third-order valence-corrected chi connectivity index (χ3v) is 3.59. The first kappa shape index (κ1) is 15.3. The predicted molar refractivity (Wildman–Crippen MR) is 79.7 cm³/mol. The van der Waals surface area contributed by atoms with Crippen LogP contribution in [0.3, 0.4) is 0 Å². The van der Waals surface area contributed by atoms with Crippen LogP contribution in [0.25, 0.3) is 0 Å². The van der Waals surface area contributed by atoms with E-state index in [0.29, 0.717) is 24.7 Å². The molecule has 1 N–H and O–H groups in total. The van der Waals surface area contributed by atoms with Gasteiger partial charge in [-0.15, -0.1) is 0 Å². The smallest absolute Gasteiger partial charge is 0.254 e. The molecule has 0 unspecified atom stereocenters. The lowest BCUT2D eigenvalue weighted by atomic mass is 10.1. The number of carbonyl (C=O) groups is 1. The second-order valence-corrected chi connectivity index (χ2v) is 5.22. The Bertz CT molecular complexity index is 749. The minimum absolute atomic E-state index is 0.325. The Kier molecular flexibility index (Phi) is 4.14. The lowest BCUT2D eigenvalue weighted by Gasteiger charge is -2.21. The number of rotatable bonds is 3. The van der Waals surface area contributed by atoms with E-state index in [1.165, 1.54) is 0 Å². The molecule has 120 valence electrons. The number of amides is 1. The number of carbonyl (C=O) groups excluding carboxylic acids is 1. The zero-order valence-corrected chi connectivity index (χ0v) is 12.4. The quantitative estimate of drug-likeness (QED) is 0.945. The molecule has 0 bridgehead atoms. The number of hydrogen-bond donors (Lipinski definition) is 1. The molecular weight excluding hydrogens is 304 g/mol. The first-order chi connectivity index (χ1) is 11.0. The molecule has 1 atom stereocenters. The number of benzene rings is 2. The molecule has 4 nitrogen and oxygen atoms in total. The van der Waals surface area contributed by atoms with Crippen LogP contribution in [-0.2, 0) is 0 Å². The second-order valence-electron chi connectivity index (χ2n) is 5.22. The highest BCUT2D eigenvalue weighted by Gasteiger charge is 2.18. The fourth-order valence-electron chi connectivity index (χ4n) is 2.36. The zero-order chi connectivity index (χ0) is 16.4. The van der Waals surface area contributed by atoms with Gasteiger partial charge in [-0.25, -0.2) is 8.78 Å². The molecule has 1 amide bonds. The molecule has 0 saturated carbocycles. The van der Waals surface area contributed by atoms with Crippen molar-refractivity contribution in [2.24, 2.45) is 0 Å². The Labute approximate surface area is 132 Å². The average Bonchev–Trinajstić information content (AvgIpc) is 2.56. The number of fused-ring (bicyclic) bond motifs is 1. The highest BCUT2D eigenvalue weighted by Crippen LogP contribution is 2.32. The number of hydrogen-bond acceptors (Lipinski definition) is 3. The maximum Gasteiger partial charge on any atom is 0.254 e. The molecule has 2 aromatic rings. The molecule has 3 rings (SSSR count). The van der Waals surface area contributed by atoms with E-state index in [2.05, 4.69) is 5.32 Å². The fraction of sp³-hybridized carbons (Fsp3) is 0.235. The van der Waals surface area contributed by atoms with Crippen LogP contribution < -0.4 is 14.8 Å². The topological polar surface area (TPSA) is 47.6 Å². The van der Waals surface area contributed by atoms with Crippen molar-refractivity contribution in [3.8, 4) is 11.5 Å². The highest BCUT2D eigenvalue weighted by molar-refractivity contribution is 5.94. The van der Waals surface area contributed by atoms with Gasteiger partial charge in [-0.2, -0.15) is 0 Å². The Hall–Kier alpha value is -2.63. The van der Waals surface area contributed by atoms with Crippen molar-refractivity contribution in [1.29, 1.82) is 0 Å². The Morgan fingerprint density at radius 2 is 1.83 bits per heavy atom. The molecule has 2 aromatic carbocycles. The Balaban J connectivity index is 1.77. The molecule has 1 aliphatic rings. The van der Waals surface area contributed by atoms with E-state index in [1.807, 2.05) is 0 Å². The van der Waals surface area contributed by atoms with E-state index >= 15 is 0 Å². The molecule has 0 radical (unpaired) electrons. The van der Waals surface area contributed by atoms with Crippen molar-refractivity contribution in [1.82, 2.24) is 5.32 Å². The maximum atomic E-state index is 13.6. The average molecular weight is 319 g/mol. The van der Waals surface area contributed by atoms with Gasteiger partial charge in [-0.1, -0.05) is 6.07 Å². The van der Waals surface area contributed by atoms with Gasteiger partial charge >= 0.3 is 0 Å². The highest BCUT2D eigenvalue weighted by atomic mass is 19.1. The molecule has 0 aromatic heterocycles. The van der Waals surface area contributed by atoms with E-state index in [0.717, 1.165) is 23.8 Å². The molecule has 1 heterocycles. The maximum absolute atomic E-state index is 13.6. The largest absolute Gasteiger partial charge is 0.486 e. The normalized spacial score (nSPS) is 14.2. The van der Waals surface area contributed by atoms with E-state index in [-0.39, 0.29) is 5.56 Å². The molecule has 6 heteroatoms. The minimum atomic E-state index is -0.765. The van der Waals surface area contributed by atoms with Gasteiger partial charge in [0.05, 0.1) is 11.6 Å². The first-order valence-electron chi connectivity index (χ1n) is 7.20. The summed E-state index contributed by atoms with van der Waals surface area (Å²) >= 11 is 0. The van der Waals surface area contributed by atoms with Crippen LogP contribution in [0.2, 0.25) is 0 Å². The van der Waals surface area contributed by atoms with Crippen molar-refractivity contribution in [3.63, 3.8) is 0 Å². The van der Waals surface area contributed by atoms with Crippen LogP contribution in [0.15, 0.2) is 36.4 Å². The van der Waals surface area contributed by atoms with Crippen molar-refractivity contribution >= 4 is 5.91 Å². The van der Waals surface area contributed by atoms with Gasteiger partial charge in [-0.05, 0) is 42.8 Å². The summed E-state index contributed by atoms with van der Waals surface area (Å²) in [5.41, 5.74) is 0.453. The van der Waals surface area contributed by atoms with Crippen molar-refractivity contribution in [2.75, 3.05) is 13.2 Å². The molecule has 1 aliphatic heterocycles. The minimum Gasteiger partial charge on any atom is -0.486 e. The van der Waals surface area contributed by atoms with Crippen LogP contribution in [-0.4, -0.2) is 19.1 Å². The van der Waals surface area contributed by atoms with Crippen molar-refractivity contribution in [3.05, 3.63) is 59.2 Å². The lowest BCUT2D eigenvalue weighted by Crippen LogP contribution is -2.27. The second kappa shape index (κ2) is 6.24. The Morgan fingerprint density at radius 1 is 1.09 bits per heavy atom. The van der Waals surface area contributed by atoms with Gasteiger partial charge in [0.2, 0.25) is 0 Å². The van der Waals surface area contributed by atoms with Gasteiger partial charge in [0.25, 0.3) is 5.91 Å². The third kappa shape index (κ3) is 3.26. The van der Waals surface area contributed by atoms with E-state index in [4.69, 9.17) is 9.47 Å². The monoisotopic (exact) mass is 319 g/mol. The van der Waals surface area contributed by atoms with Crippen molar-refractivity contribution in [2.45, 2.75) is 13.0 Å². The summed E-state index contributed by atoms with van der Waals surface area (Å²) in [6.07, 6.45) is 0. The summed E-state index contributed by atoms with van der Waals surface area (Å²) in [7, 11) is 0. The molecule has 0 aliphatic carbocycles. The summed E-state index contributed by atoms with van der Waals surface area (Å²) in [5, 5.41) is 2.65. The van der Waals surface area contributed by atoms with Gasteiger partial charge in [0.15, 0.2) is 11.5 Å².